The van der Waals surface area contributed by atoms with E-state index in [2.05, 4.69) is 22.2 Å². The molecule has 0 aliphatic rings. The lowest BCUT2D eigenvalue weighted by Crippen LogP contribution is -2.05. The summed E-state index contributed by atoms with van der Waals surface area (Å²) in [5.41, 5.74) is 2.78. The Hall–Kier alpha value is -0.730. The van der Waals surface area contributed by atoms with Gasteiger partial charge in [0, 0.05) is 6.54 Å². The molecule has 3 heteroatoms. The van der Waals surface area contributed by atoms with Crippen LogP contribution in [0.3, 0.4) is 0 Å². The van der Waals surface area contributed by atoms with E-state index in [0.717, 1.165) is 13.0 Å². The molecule has 0 bridgehead atoms. The fraction of sp³-hybridized carbons (Fsp3) is 0.800. The first-order valence-corrected chi connectivity index (χ1v) is 2.69. The third-order valence-electron chi connectivity index (χ3n) is 0.611. The number of hydrazone groups is 1. The van der Waals surface area contributed by atoms with Gasteiger partial charge in [0.2, 0.25) is 0 Å². The lowest BCUT2D eigenvalue weighted by molar-refractivity contribution is 0.417. The van der Waals surface area contributed by atoms with Crippen LogP contribution in [0.25, 0.3) is 0 Å². The lowest BCUT2D eigenvalue weighted by atomic mass is 10.5. The second-order valence-corrected chi connectivity index (χ2v) is 1.38. The fourth-order valence-corrected chi connectivity index (χ4v) is 0.266. The standard InChI is InChI=1S/C5H12N2O/c1-3-4-6-7-5-8-2/h5-6H,3-4H2,1-2H3/b7-5-. The molecule has 1 N–H and O–H groups in total. The summed E-state index contributed by atoms with van der Waals surface area (Å²) in [5, 5.41) is 3.68. The Bertz CT molecular complexity index is 63.4. The van der Waals surface area contributed by atoms with Gasteiger partial charge in [0.15, 0.2) is 6.40 Å². The molecule has 0 radical (unpaired) electrons. The van der Waals surface area contributed by atoms with Crippen molar-refractivity contribution in [3.63, 3.8) is 0 Å². The highest BCUT2D eigenvalue weighted by molar-refractivity contribution is 5.45. The largest absolute Gasteiger partial charge is 0.485 e. The zero-order valence-corrected chi connectivity index (χ0v) is 5.35. The minimum atomic E-state index is 0.903. The van der Waals surface area contributed by atoms with Crippen LogP contribution in [-0.4, -0.2) is 20.1 Å². The molecule has 8 heavy (non-hydrogen) atoms. The first kappa shape index (κ1) is 7.27. The number of methoxy groups -OCH3 is 1. The number of nitrogens with one attached hydrogen (secondary N) is 1. The Morgan fingerprint density at radius 2 is 2.50 bits per heavy atom. The van der Waals surface area contributed by atoms with Crippen LogP contribution in [0, 0.1) is 0 Å². The van der Waals surface area contributed by atoms with Gasteiger partial charge in [-0.05, 0) is 6.42 Å². The highest BCUT2D eigenvalue weighted by atomic mass is 16.5. The molecule has 0 aromatic rings. The Kier molecular flexibility index (Phi) is 5.70. The molecular formula is C5H12N2O. The Morgan fingerprint density at radius 3 is 3.00 bits per heavy atom. The maximum atomic E-state index is 4.53. The average Bonchev–Trinajstić information content (AvgIpc) is 1.81. The first-order chi connectivity index (χ1) is 3.91. The molecule has 0 aromatic heterocycles. The van der Waals surface area contributed by atoms with Crippen molar-refractivity contribution in [2.75, 3.05) is 13.7 Å². The van der Waals surface area contributed by atoms with Gasteiger partial charge < -0.3 is 10.2 Å². The van der Waals surface area contributed by atoms with Crippen LogP contribution >= 0.6 is 0 Å². The summed E-state index contributed by atoms with van der Waals surface area (Å²) in [6, 6.07) is 0. The van der Waals surface area contributed by atoms with Gasteiger partial charge in [0.1, 0.15) is 0 Å². The summed E-state index contributed by atoms with van der Waals surface area (Å²) in [7, 11) is 1.57. The summed E-state index contributed by atoms with van der Waals surface area (Å²) < 4.78 is 4.53. The monoisotopic (exact) mass is 116 g/mol. The van der Waals surface area contributed by atoms with Crippen molar-refractivity contribution in [2.24, 2.45) is 5.10 Å². The maximum Gasteiger partial charge on any atom is 0.192 e. The average molecular weight is 116 g/mol. The van der Waals surface area contributed by atoms with Crippen LogP contribution in [0.15, 0.2) is 5.10 Å². The summed E-state index contributed by atoms with van der Waals surface area (Å²) in [5.74, 6) is 0. The molecular weight excluding hydrogens is 104 g/mol. The highest BCUT2D eigenvalue weighted by Crippen LogP contribution is 1.67. The molecule has 0 amide bonds. The van der Waals surface area contributed by atoms with E-state index in [0.29, 0.717) is 0 Å². The molecule has 0 atom stereocenters. The molecule has 48 valence electrons. The van der Waals surface area contributed by atoms with Crippen LogP contribution in [0.1, 0.15) is 13.3 Å². The quantitative estimate of drug-likeness (QED) is 0.252. The van der Waals surface area contributed by atoms with E-state index in [1.54, 1.807) is 7.11 Å². The second-order valence-electron chi connectivity index (χ2n) is 1.38. The lowest BCUT2D eigenvalue weighted by Gasteiger charge is -1.92. The molecule has 0 aromatic carbocycles. The van der Waals surface area contributed by atoms with Gasteiger partial charge in [-0.25, -0.2) is 0 Å². The number of hydrogen-bond donors (Lipinski definition) is 1. The zero-order chi connectivity index (χ0) is 6.24. The van der Waals surface area contributed by atoms with E-state index in [-0.39, 0.29) is 0 Å². The van der Waals surface area contributed by atoms with E-state index >= 15 is 0 Å². The van der Waals surface area contributed by atoms with E-state index in [4.69, 9.17) is 0 Å². The molecule has 3 nitrogen and oxygen atoms in total. The Balaban J connectivity index is 2.80. The number of nitrogens with zero attached hydrogens (tertiary/aromatic N) is 1. The minimum absolute atomic E-state index is 0.903. The number of hydrogen-bond acceptors (Lipinski definition) is 3. The topological polar surface area (TPSA) is 33.6 Å². The molecule has 0 aliphatic carbocycles. The zero-order valence-electron chi connectivity index (χ0n) is 5.35. The van der Waals surface area contributed by atoms with Crippen molar-refractivity contribution < 1.29 is 4.74 Å². The number of rotatable bonds is 4. The van der Waals surface area contributed by atoms with Gasteiger partial charge in [0.05, 0.1) is 7.11 Å². The summed E-state index contributed by atoms with van der Waals surface area (Å²) in [6.45, 7) is 2.98. The van der Waals surface area contributed by atoms with Crippen molar-refractivity contribution >= 4 is 6.40 Å². The van der Waals surface area contributed by atoms with Crippen LogP contribution < -0.4 is 5.43 Å². The molecule has 0 saturated heterocycles. The SMILES string of the molecule is CCCN/N=C\OC. The van der Waals surface area contributed by atoms with E-state index < -0.39 is 0 Å². The second kappa shape index (κ2) is 6.27. The summed E-state index contributed by atoms with van der Waals surface area (Å²) in [6.07, 6.45) is 2.46. The minimum Gasteiger partial charge on any atom is -0.485 e. The van der Waals surface area contributed by atoms with Crippen LogP contribution in [0.5, 0.6) is 0 Å². The third kappa shape index (κ3) is 5.27. The normalized spacial score (nSPS) is 9.75. The Morgan fingerprint density at radius 1 is 1.75 bits per heavy atom. The molecule has 0 heterocycles. The predicted molar refractivity (Wildman–Crippen MR) is 33.8 cm³/mol. The van der Waals surface area contributed by atoms with Crippen molar-refractivity contribution in [3.8, 4) is 0 Å². The Labute approximate surface area is 49.7 Å². The van der Waals surface area contributed by atoms with Crippen molar-refractivity contribution in [3.05, 3.63) is 0 Å². The molecule has 0 rings (SSSR count). The van der Waals surface area contributed by atoms with E-state index in [9.17, 15) is 0 Å². The van der Waals surface area contributed by atoms with E-state index in [1.807, 2.05) is 0 Å². The fourth-order valence-electron chi connectivity index (χ4n) is 0.266. The third-order valence-corrected chi connectivity index (χ3v) is 0.611. The van der Waals surface area contributed by atoms with Gasteiger partial charge in [-0.1, -0.05) is 6.92 Å². The van der Waals surface area contributed by atoms with Crippen LogP contribution in [0.2, 0.25) is 0 Å². The highest BCUT2D eigenvalue weighted by Gasteiger charge is 1.71. The molecule has 0 spiro atoms. The van der Waals surface area contributed by atoms with Crippen molar-refractivity contribution in [2.45, 2.75) is 13.3 Å². The predicted octanol–water partition coefficient (Wildman–Crippen LogP) is 0.576. The smallest absolute Gasteiger partial charge is 0.192 e. The molecule has 0 saturated carbocycles. The van der Waals surface area contributed by atoms with Gasteiger partial charge >= 0.3 is 0 Å². The van der Waals surface area contributed by atoms with Crippen molar-refractivity contribution in [1.82, 2.24) is 5.43 Å². The number of ether oxygens (including phenoxy) is 1. The van der Waals surface area contributed by atoms with Gasteiger partial charge in [-0.2, -0.15) is 5.10 Å². The van der Waals surface area contributed by atoms with E-state index in [1.165, 1.54) is 6.40 Å². The molecule has 0 aliphatic heterocycles. The first-order valence-electron chi connectivity index (χ1n) is 2.69. The summed E-state index contributed by atoms with van der Waals surface area (Å²) >= 11 is 0. The maximum absolute atomic E-state index is 4.53. The van der Waals surface area contributed by atoms with Gasteiger partial charge in [0.25, 0.3) is 0 Å². The molecule has 0 unspecified atom stereocenters. The van der Waals surface area contributed by atoms with Gasteiger partial charge in [-0.15, -0.1) is 0 Å². The van der Waals surface area contributed by atoms with Crippen molar-refractivity contribution in [1.29, 1.82) is 0 Å². The summed E-state index contributed by atoms with van der Waals surface area (Å²) in [4.78, 5) is 0. The van der Waals surface area contributed by atoms with Crippen LogP contribution in [0.4, 0.5) is 0 Å². The van der Waals surface area contributed by atoms with Crippen LogP contribution in [-0.2, 0) is 4.74 Å². The molecule has 0 fully saturated rings. The van der Waals surface area contributed by atoms with Gasteiger partial charge in [-0.3, -0.25) is 0 Å².